The fourth-order valence-electron chi connectivity index (χ4n) is 2.02. The molecule has 0 aliphatic carbocycles. The highest BCUT2D eigenvalue weighted by molar-refractivity contribution is 6.41. The zero-order valence-electron chi connectivity index (χ0n) is 9.43. The number of nitro groups is 1. The molecule has 0 spiro atoms. The van der Waals surface area contributed by atoms with Crippen molar-refractivity contribution >= 4 is 50.7 Å². The molecule has 0 radical (unpaired) electrons. The molecule has 94 valence electrons. The molecule has 3 rings (SSSR count). The zero-order chi connectivity index (χ0) is 13.6. The highest BCUT2D eigenvalue weighted by Crippen LogP contribution is 2.35. The number of non-ortho nitro benzene ring substituents is 1. The first-order valence-electron chi connectivity index (χ1n) is 5.40. The second kappa shape index (κ2) is 4.33. The smallest absolute Gasteiger partial charge is 0.258 e. The standard InChI is InChI=1S/C13H6Cl2N2O2/c14-7-4-5-10-9(6-7)12(15)8-2-1-3-11(17(18)19)13(8)16-10/h1-6H. The second-order valence-corrected chi connectivity index (χ2v) is 4.83. The van der Waals surface area contributed by atoms with E-state index in [2.05, 4.69) is 4.98 Å². The van der Waals surface area contributed by atoms with Gasteiger partial charge >= 0.3 is 0 Å². The molecule has 0 N–H and O–H groups in total. The van der Waals surface area contributed by atoms with Crippen LogP contribution in [0.3, 0.4) is 0 Å². The van der Waals surface area contributed by atoms with E-state index in [9.17, 15) is 10.1 Å². The number of hydrogen-bond acceptors (Lipinski definition) is 3. The molecular formula is C13H6Cl2N2O2. The third-order valence-corrected chi connectivity index (χ3v) is 3.52. The average Bonchev–Trinajstić information content (AvgIpc) is 2.39. The maximum atomic E-state index is 11.0. The van der Waals surface area contributed by atoms with Gasteiger partial charge in [-0.2, -0.15) is 0 Å². The lowest BCUT2D eigenvalue weighted by atomic mass is 10.1. The monoisotopic (exact) mass is 292 g/mol. The summed E-state index contributed by atoms with van der Waals surface area (Å²) in [6, 6.07) is 9.77. The lowest BCUT2D eigenvalue weighted by Crippen LogP contribution is -1.93. The Bertz CT molecular complexity index is 834. The number of pyridine rings is 1. The Labute approximate surface area is 117 Å². The van der Waals surface area contributed by atoms with Gasteiger partial charge in [-0.25, -0.2) is 4.98 Å². The van der Waals surface area contributed by atoms with Gasteiger partial charge in [0.1, 0.15) is 5.52 Å². The Morgan fingerprint density at radius 1 is 1.11 bits per heavy atom. The van der Waals surface area contributed by atoms with Crippen LogP contribution in [-0.4, -0.2) is 9.91 Å². The second-order valence-electron chi connectivity index (χ2n) is 4.02. The van der Waals surface area contributed by atoms with Gasteiger partial charge in [-0.15, -0.1) is 0 Å². The third kappa shape index (κ3) is 1.89. The highest BCUT2D eigenvalue weighted by Gasteiger charge is 2.16. The Morgan fingerprint density at radius 2 is 1.89 bits per heavy atom. The number of hydrogen-bond donors (Lipinski definition) is 0. The summed E-state index contributed by atoms with van der Waals surface area (Å²) in [4.78, 5) is 14.9. The minimum atomic E-state index is -0.465. The molecule has 6 heteroatoms. The lowest BCUT2D eigenvalue weighted by Gasteiger charge is -2.06. The molecule has 3 aromatic rings. The lowest BCUT2D eigenvalue weighted by molar-refractivity contribution is -0.383. The van der Waals surface area contributed by atoms with Gasteiger partial charge in [-0.05, 0) is 18.2 Å². The molecule has 0 saturated carbocycles. The van der Waals surface area contributed by atoms with Crippen molar-refractivity contribution in [1.29, 1.82) is 0 Å². The van der Waals surface area contributed by atoms with Gasteiger partial charge < -0.3 is 0 Å². The van der Waals surface area contributed by atoms with E-state index >= 15 is 0 Å². The topological polar surface area (TPSA) is 56.0 Å². The van der Waals surface area contributed by atoms with Gasteiger partial charge in [0.2, 0.25) is 0 Å². The summed E-state index contributed by atoms with van der Waals surface area (Å²) in [6.45, 7) is 0. The van der Waals surface area contributed by atoms with E-state index in [1.165, 1.54) is 6.07 Å². The summed E-state index contributed by atoms with van der Waals surface area (Å²) in [5, 5.41) is 13.2. The van der Waals surface area contributed by atoms with Crippen molar-refractivity contribution < 1.29 is 4.92 Å². The number of nitro benzene ring substituents is 1. The molecule has 0 aliphatic rings. The first-order chi connectivity index (χ1) is 9.08. The van der Waals surface area contributed by atoms with Gasteiger partial charge in [0.25, 0.3) is 5.69 Å². The summed E-state index contributed by atoms with van der Waals surface area (Å²) in [5.74, 6) is 0. The molecule has 2 aromatic carbocycles. The van der Waals surface area contributed by atoms with Crippen molar-refractivity contribution in [2.24, 2.45) is 0 Å². The van der Waals surface area contributed by atoms with Crippen LogP contribution >= 0.6 is 23.2 Å². The minimum Gasteiger partial charge on any atom is -0.258 e. The molecule has 0 saturated heterocycles. The predicted molar refractivity (Wildman–Crippen MR) is 75.9 cm³/mol. The molecule has 0 amide bonds. The van der Waals surface area contributed by atoms with E-state index in [1.807, 2.05) is 0 Å². The number of para-hydroxylation sites is 1. The first kappa shape index (κ1) is 12.1. The molecule has 0 bridgehead atoms. The van der Waals surface area contributed by atoms with Crippen molar-refractivity contribution in [1.82, 2.24) is 4.98 Å². The summed E-state index contributed by atoms with van der Waals surface area (Å²) in [6.07, 6.45) is 0. The van der Waals surface area contributed by atoms with Gasteiger partial charge in [0, 0.05) is 21.9 Å². The molecule has 0 unspecified atom stereocenters. The third-order valence-electron chi connectivity index (χ3n) is 2.88. The largest absolute Gasteiger partial charge is 0.295 e. The van der Waals surface area contributed by atoms with Gasteiger partial charge in [-0.1, -0.05) is 35.3 Å². The summed E-state index contributed by atoms with van der Waals surface area (Å²) in [5.41, 5.74) is 0.805. The van der Waals surface area contributed by atoms with Crippen molar-refractivity contribution in [3.63, 3.8) is 0 Å². The van der Waals surface area contributed by atoms with Crippen LogP contribution < -0.4 is 0 Å². The normalized spacial score (nSPS) is 11.1. The average molecular weight is 293 g/mol. The molecule has 0 aliphatic heterocycles. The Balaban J connectivity index is 2.53. The van der Waals surface area contributed by atoms with E-state index in [4.69, 9.17) is 23.2 Å². The maximum Gasteiger partial charge on any atom is 0.295 e. The quantitative estimate of drug-likeness (QED) is 0.374. The first-order valence-corrected chi connectivity index (χ1v) is 6.15. The van der Waals surface area contributed by atoms with E-state index in [1.54, 1.807) is 30.3 Å². The summed E-state index contributed by atoms with van der Waals surface area (Å²) in [7, 11) is 0. The molecule has 4 nitrogen and oxygen atoms in total. The van der Waals surface area contributed by atoms with Gasteiger partial charge in [0.15, 0.2) is 0 Å². The van der Waals surface area contributed by atoms with Crippen LogP contribution in [0, 0.1) is 10.1 Å². The maximum absolute atomic E-state index is 11.0. The van der Waals surface area contributed by atoms with E-state index < -0.39 is 4.92 Å². The highest BCUT2D eigenvalue weighted by atomic mass is 35.5. The van der Waals surface area contributed by atoms with Crippen molar-refractivity contribution in [2.75, 3.05) is 0 Å². The van der Waals surface area contributed by atoms with Crippen LogP contribution in [-0.2, 0) is 0 Å². The Kier molecular flexibility index (Phi) is 2.77. The molecule has 1 heterocycles. The fourth-order valence-corrected chi connectivity index (χ4v) is 2.50. The van der Waals surface area contributed by atoms with E-state index in [0.717, 1.165) is 0 Å². The summed E-state index contributed by atoms with van der Waals surface area (Å²) < 4.78 is 0. The number of fused-ring (bicyclic) bond motifs is 2. The van der Waals surface area contributed by atoms with Crippen LogP contribution in [0.4, 0.5) is 5.69 Å². The number of benzene rings is 2. The fraction of sp³-hybridized carbons (Fsp3) is 0. The minimum absolute atomic E-state index is 0.0590. The van der Waals surface area contributed by atoms with E-state index in [-0.39, 0.29) is 11.2 Å². The van der Waals surface area contributed by atoms with Crippen molar-refractivity contribution in [2.45, 2.75) is 0 Å². The SMILES string of the molecule is O=[N+]([O-])c1cccc2c(Cl)c3cc(Cl)ccc3nc12. The molecular weight excluding hydrogens is 287 g/mol. The summed E-state index contributed by atoms with van der Waals surface area (Å²) >= 11 is 12.2. The molecule has 0 atom stereocenters. The number of rotatable bonds is 1. The number of aromatic nitrogens is 1. The van der Waals surface area contributed by atoms with Crippen LogP contribution in [0.1, 0.15) is 0 Å². The van der Waals surface area contributed by atoms with Crippen molar-refractivity contribution in [3.8, 4) is 0 Å². The number of halogens is 2. The van der Waals surface area contributed by atoms with Crippen molar-refractivity contribution in [3.05, 3.63) is 56.6 Å². The van der Waals surface area contributed by atoms with Gasteiger partial charge in [-0.3, -0.25) is 10.1 Å². The van der Waals surface area contributed by atoms with Crippen LogP contribution in [0.2, 0.25) is 10.0 Å². The zero-order valence-corrected chi connectivity index (χ0v) is 10.9. The Morgan fingerprint density at radius 3 is 2.63 bits per heavy atom. The number of nitrogens with zero attached hydrogens (tertiary/aromatic N) is 2. The Hall–Kier alpha value is -1.91. The van der Waals surface area contributed by atoms with Gasteiger partial charge in [0.05, 0.1) is 15.5 Å². The molecule has 0 fully saturated rings. The van der Waals surface area contributed by atoms with Crippen LogP contribution in [0.5, 0.6) is 0 Å². The van der Waals surface area contributed by atoms with Crippen LogP contribution in [0.15, 0.2) is 36.4 Å². The van der Waals surface area contributed by atoms with E-state index in [0.29, 0.717) is 26.3 Å². The molecule has 1 aromatic heterocycles. The predicted octanol–water partition coefficient (Wildman–Crippen LogP) is 4.60. The molecule has 19 heavy (non-hydrogen) atoms. The van der Waals surface area contributed by atoms with Crippen LogP contribution in [0.25, 0.3) is 21.8 Å².